The summed E-state index contributed by atoms with van der Waals surface area (Å²) in [6.45, 7) is 0. The number of nitrogens with one attached hydrogen (secondary N) is 1. The summed E-state index contributed by atoms with van der Waals surface area (Å²) < 4.78 is 0. The molecule has 0 radical (unpaired) electrons. The third-order valence-electron chi connectivity index (χ3n) is 4.20. The molecule has 2 aromatic carbocycles. The van der Waals surface area contributed by atoms with Gasteiger partial charge in [0.1, 0.15) is 0 Å². The first-order valence-electron chi connectivity index (χ1n) is 7.46. The first-order chi connectivity index (χ1) is 11.7. The van der Waals surface area contributed by atoms with E-state index >= 15 is 0 Å². The number of benzene rings is 2. The smallest absolute Gasteiger partial charge is 0.261 e. The summed E-state index contributed by atoms with van der Waals surface area (Å²) in [6, 6.07) is 14.6. The first kappa shape index (κ1) is 15.0. The van der Waals surface area contributed by atoms with E-state index in [1.54, 1.807) is 42.4 Å². The van der Waals surface area contributed by atoms with Crippen molar-refractivity contribution in [2.24, 2.45) is 0 Å². The van der Waals surface area contributed by atoms with E-state index in [0.29, 0.717) is 22.6 Å². The zero-order valence-corrected chi connectivity index (χ0v) is 13.7. The van der Waals surface area contributed by atoms with Crippen molar-refractivity contribution in [3.05, 3.63) is 77.9 Å². The number of nitrogens with zero attached hydrogens (tertiary/aromatic N) is 2. The zero-order chi connectivity index (χ0) is 16.7. The monoisotopic (exact) mass is 337 g/mol. The van der Waals surface area contributed by atoms with E-state index in [9.17, 15) is 9.90 Å². The van der Waals surface area contributed by atoms with Gasteiger partial charge in [0.05, 0.1) is 0 Å². The Morgan fingerprint density at radius 2 is 2.04 bits per heavy atom. The van der Waals surface area contributed by atoms with Gasteiger partial charge in [-0.3, -0.25) is 9.69 Å². The summed E-state index contributed by atoms with van der Waals surface area (Å²) in [5.41, 5.74) is -0.0267. The van der Waals surface area contributed by atoms with Gasteiger partial charge in [-0.25, -0.2) is 4.98 Å². The number of aromatic nitrogens is 2. The fourth-order valence-corrected chi connectivity index (χ4v) is 3.56. The maximum absolute atomic E-state index is 13.0. The Morgan fingerprint density at radius 1 is 1.21 bits per heavy atom. The van der Waals surface area contributed by atoms with Gasteiger partial charge in [0.25, 0.3) is 5.91 Å². The zero-order valence-electron chi connectivity index (χ0n) is 12.9. The molecule has 0 saturated carbocycles. The van der Waals surface area contributed by atoms with Crippen LogP contribution in [0.4, 0.5) is 5.69 Å². The van der Waals surface area contributed by atoms with Crippen molar-refractivity contribution in [2.75, 3.05) is 11.2 Å². The Bertz CT molecular complexity index is 910. The van der Waals surface area contributed by atoms with Gasteiger partial charge in [0.15, 0.2) is 5.82 Å². The second-order valence-electron chi connectivity index (χ2n) is 5.50. The molecule has 4 rings (SSSR count). The van der Waals surface area contributed by atoms with E-state index in [2.05, 4.69) is 9.97 Å². The Hall–Kier alpha value is -2.57. The molecular formula is C18H15N3O2S. The Balaban J connectivity index is 1.97. The molecule has 1 atom stereocenters. The number of hydrogen-bond acceptors (Lipinski definition) is 4. The van der Waals surface area contributed by atoms with Crippen LogP contribution in [0.3, 0.4) is 0 Å². The van der Waals surface area contributed by atoms with E-state index in [0.717, 1.165) is 4.90 Å². The van der Waals surface area contributed by atoms with Crippen LogP contribution in [0, 0.1) is 0 Å². The second kappa shape index (κ2) is 5.51. The van der Waals surface area contributed by atoms with Gasteiger partial charge in [-0.15, -0.1) is 11.8 Å². The predicted octanol–water partition coefficient (Wildman–Crippen LogP) is 2.99. The van der Waals surface area contributed by atoms with Gasteiger partial charge in [0.2, 0.25) is 5.72 Å². The Labute approximate surface area is 143 Å². The van der Waals surface area contributed by atoms with Crippen molar-refractivity contribution < 1.29 is 9.90 Å². The minimum absolute atomic E-state index is 0.247. The van der Waals surface area contributed by atoms with Crippen LogP contribution in [0.15, 0.2) is 65.8 Å². The molecule has 6 heteroatoms. The minimum Gasteiger partial charge on any atom is -0.360 e. The van der Waals surface area contributed by atoms with Gasteiger partial charge >= 0.3 is 0 Å². The maximum Gasteiger partial charge on any atom is 0.261 e. The van der Waals surface area contributed by atoms with Crippen LogP contribution < -0.4 is 4.90 Å². The number of fused-ring (bicyclic) bond motifs is 1. The van der Waals surface area contributed by atoms with Crippen LogP contribution in [0.1, 0.15) is 21.7 Å². The summed E-state index contributed by atoms with van der Waals surface area (Å²) in [5, 5.41) is 11.6. The molecule has 120 valence electrons. The topological polar surface area (TPSA) is 69.2 Å². The fourth-order valence-electron chi connectivity index (χ4n) is 3.10. The summed E-state index contributed by atoms with van der Waals surface area (Å²) in [6.07, 6.45) is 5.17. The van der Waals surface area contributed by atoms with Crippen LogP contribution in [-0.4, -0.2) is 27.2 Å². The van der Waals surface area contributed by atoms with E-state index in [-0.39, 0.29) is 5.91 Å². The molecule has 1 aromatic heterocycles. The molecule has 2 N–H and O–H groups in total. The molecule has 0 unspecified atom stereocenters. The van der Waals surface area contributed by atoms with Crippen molar-refractivity contribution in [2.45, 2.75) is 10.6 Å². The van der Waals surface area contributed by atoms with Gasteiger partial charge < -0.3 is 10.1 Å². The Morgan fingerprint density at radius 3 is 2.79 bits per heavy atom. The molecule has 0 aliphatic carbocycles. The highest BCUT2D eigenvalue weighted by atomic mass is 32.2. The minimum atomic E-state index is -1.66. The summed E-state index contributed by atoms with van der Waals surface area (Å²) in [5.74, 6) is 0.0677. The lowest BCUT2D eigenvalue weighted by molar-refractivity contribution is 0.0652. The number of imidazole rings is 1. The molecule has 0 fully saturated rings. The van der Waals surface area contributed by atoms with Crippen molar-refractivity contribution in [3.8, 4) is 0 Å². The lowest BCUT2D eigenvalue weighted by Gasteiger charge is -2.32. The van der Waals surface area contributed by atoms with Crippen LogP contribution >= 0.6 is 11.8 Å². The molecule has 1 amide bonds. The summed E-state index contributed by atoms with van der Waals surface area (Å²) in [4.78, 5) is 22.6. The third kappa shape index (κ3) is 2.00. The highest BCUT2D eigenvalue weighted by molar-refractivity contribution is 7.98. The number of carbonyl (C=O) groups is 1. The number of carbonyl (C=O) groups excluding carboxylic acids is 1. The number of aliphatic hydroxyl groups is 1. The number of anilines is 1. The molecule has 24 heavy (non-hydrogen) atoms. The van der Waals surface area contributed by atoms with Crippen LogP contribution in [0.5, 0.6) is 0 Å². The number of aromatic amines is 1. The molecule has 1 aliphatic heterocycles. The van der Waals surface area contributed by atoms with Crippen molar-refractivity contribution in [1.82, 2.24) is 9.97 Å². The molecule has 0 spiro atoms. The Kier molecular flexibility index (Phi) is 3.44. The molecule has 0 bridgehead atoms. The quantitative estimate of drug-likeness (QED) is 0.721. The number of hydrogen-bond donors (Lipinski definition) is 2. The lowest BCUT2D eigenvalue weighted by Crippen LogP contribution is -2.45. The van der Waals surface area contributed by atoms with Crippen molar-refractivity contribution in [3.63, 3.8) is 0 Å². The standard InChI is InChI=1S/C18H15N3O2S/c1-24-13-6-4-5-12(11-13)21-16(22)14-7-2-3-8-15(14)18(21,23)17-19-9-10-20-17/h2-11,23H,1H3,(H,19,20)/t18-/m1/s1. The molecule has 2 heterocycles. The summed E-state index contributed by atoms with van der Waals surface area (Å²) >= 11 is 1.58. The maximum atomic E-state index is 13.0. The largest absolute Gasteiger partial charge is 0.360 e. The van der Waals surface area contributed by atoms with Crippen LogP contribution in [0.2, 0.25) is 0 Å². The number of H-pyrrole nitrogens is 1. The SMILES string of the molecule is CSc1cccc(N2C(=O)c3ccccc3[C@@]2(O)c2ncc[nH]2)c1. The number of rotatable bonds is 3. The van der Waals surface area contributed by atoms with Gasteiger partial charge in [-0.2, -0.15) is 0 Å². The predicted molar refractivity (Wildman–Crippen MR) is 93.1 cm³/mol. The van der Waals surface area contributed by atoms with E-state index in [1.807, 2.05) is 36.6 Å². The highest BCUT2D eigenvalue weighted by Gasteiger charge is 2.52. The van der Waals surface area contributed by atoms with Gasteiger partial charge in [-0.05, 0) is 30.5 Å². The second-order valence-corrected chi connectivity index (χ2v) is 6.38. The molecular weight excluding hydrogens is 322 g/mol. The molecule has 1 aliphatic rings. The molecule has 3 aromatic rings. The number of thioether (sulfide) groups is 1. The van der Waals surface area contributed by atoms with Gasteiger partial charge in [-0.1, -0.05) is 24.3 Å². The van der Waals surface area contributed by atoms with Gasteiger partial charge in [0, 0.05) is 34.1 Å². The van der Waals surface area contributed by atoms with E-state index < -0.39 is 5.72 Å². The highest BCUT2D eigenvalue weighted by Crippen LogP contribution is 2.44. The molecule has 0 saturated heterocycles. The molecule has 5 nitrogen and oxygen atoms in total. The average molecular weight is 337 g/mol. The number of amides is 1. The van der Waals surface area contributed by atoms with E-state index in [4.69, 9.17) is 0 Å². The lowest BCUT2D eigenvalue weighted by atomic mass is 10.0. The first-order valence-corrected chi connectivity index (χ1v) is 8.69. The average Bonchev–Trinajstić information content (AvgIpc) is 3.23. The van der Waals surface area contributed by atoms with Crippen molar-refractivity contribution in [1.29, 1.82) is 0 Å². The van der Waals surface area contributed by atoms with Crippen LogP contribution in [0.25, 0.3) is 0 Å². The summed E-state index contributed by atoms with van der Waals surface area (Å²) in [7, 11) is 0. The normalized spacial score (nSPS) is 19.6. The fraction of sp³-hybridized carbons (Fsp3) is 0.111. The van der Waals surface area contributed by atoms with Crippen LogP contribution in [-0.2, 0) is 5.72 Å². The third-order valence-corrected chi connectivity index (χ3v) is 4.93. The van der Waals surface area contributed by atoms with E-state index in [1.165, 1.54) is 4.90 Å². The van der Waals surface area contributed by atoms with Crippen molar-refractivity contribution >= 4 is 23.4 Å².